The fourth-order valence-electron chi connectivity index (χ4n) is 2.44. The summed E-state index contributed by atoms with van der Waals surface area (Å²) in [6.07, 6.45) is -2.41. The van der Waals surface area contributed by atoms with Crippen LogP contribution in [0.2, 0.25) is 0 Å². The lowest BCUT2D eigenvalue weighted by molar-refractivity contribution is -0.219. The number of rotatable bonds is 4. The van der Waals surface area contributed by atoms with Gasteiger partial charge in [0.15, 0.2) is 24.3 Å². The molecular formula is C13H20O7S. The molecule has 0 aromatic rings. The molecule has 0 aromatic carbocycles. The Morgan fingerprint density at radius 1 is 1.24 bits per heavy atom. The predicted octanol–water partition coefficient (Wildman–Crippen LogP) is 0.656. The zero-order valence-electron chi connectivity index (χ0n) is 12.4. The molecule has 2 aliphatic rings. The Kier molecular flexibility index (Phi) is 4.82. The molecule has 2 rings (SSSR count). The summed E-state index contributed by atoms with van der Waals surface area (Å²) < 4.78 is 27.3. The maximum absolute atomic E-state index is 11.3. The molecule has 8 heteroatoms. The number of thiol groups is 1. The van der Waals surface area contributed by atoms with Crippen LogP contribution >= 0.6 is 12.6 Å². The highest BCUT2D eigenvalue weighted by Crippen LogP contribution is 2.40. The van der Waals surface area contributed by atoms with Gasteiger partial charge in [-0.2, -0.15) is 12.6 Å². The van der Waals surface area contributed by atoms with Crippen LogP contribution in [-0.2, 0) is 33.3 Å². The number of carbonyl (C=O) groups excluding carboxylic acids is 2. The smallest absolute Gasteiger partial charge is 0.303 e. The molecule has 0 spiro atoms. The van der Waals surface area contributed by atoms with Crippen molar-refractivity contribution in [1.82, 2.24) is 0 Å². The van der Waals surface area contributed by atoms with Crippen molar-refractivity contribution in [1.29, 1.82) is 0 Å². The van der Waals surface area contributed by atoms with Gasteiger partial charge in [-0.3, -0.25) is 9.59 Å². The summed E-state index contributed by atoms with van der Waals surface area (Å²) in [5.41, 5.74) is 0. The summed E-state index contributed by atoms with van der Waals surface area (Å²) in [6, 6.07) is 0. The van der Waals surface area contributed by atoms with Crippen LogP contribution in [0.25, 0.3) is 0 Å². The van der Waals surface area contributed by atoms with E-state index in [2.05, 4.69) is 12.6 Å². The van der Waals surface area contributed by atoms with Crippen LogP contribution < -0.4 is 0 Å². The second-order valence-corrected chi connectivity index (χ2v) is 6.18. The largest absolute Gasteiger partial charge is 0.465 e. The Bertz CT molecular complexity index is 425. The minimum atomic E-state index is -0.805. The molecule has 5 atom stereocenters. The van der Waals surface area contributed by atoms with E-state index in [0.717, 1.165) is 0 Å². The first kappa shape index (κ1) is 16.5. The highest BCUT2D eigenvalue weighted by atomic mass is 32.1. The monoisotopic (exact) mass is 320 g/mol. The van der Waals surface area contributed by atoms with Crippen LogP contribution in [0.1, 0.15) is 27.7 Å². The molecule has 0 bridgehead atoms. The number of fused-ring (bicyclic) bond motifs is 1. The lowest BCUT2D eigenvalue weighted by Gasteiger charge is -2.28. The van der Waals surface area contributed by atoms with Crippen molar-refractivity contribution in [3.63, 3.8) is 0 Å². The van der Waals surface area contributed by atoms with Crippen molar-refractivity contribution in [3.8, 4) is 0 Å². The van der Waals surface area contributed by atoms with Crippen molar-refractivity contribution in [2.75, 3.05) is 6.61 Å². The van der Waals surface area contributed by atoms with Gasteiger partial charge in [0.2, 0.25) is 0 Å². The molecule has 0 radical (unpaired) electrons. The van der Waals surface area contributed by atoms with Gasteiger partial charge < -0.3 is 23.7 Å². The van der Waals surface area contributed by atoms with Crippen molar-refractivity contribution >= 4 is 24.6 Å². The van der Waals surface area contributed by atoms with Gasteiger partial charge in [-0.25, -0.2) is 0 Å². The molecule has 2 saturated heterocycles. The molecule has 21 heavy (non-hydrogen) atoms. The van der Waals surface area contributed by atoms with Crippen molar-refractivity contribution in [2.45, 2.75) is 63.3 Å². The van der Waals surface area contributed by atoms with E-state index >= 15 is 0 Å². The summed E-state index contributed by atoms with van der Waals surface area (Å²) in [6.45, 7) is 6.18. The maximum atomic E-state index is 11.3. The number of hydrogen-bond acceptors (Lipinski definition) is 8. The number of ether oxygens (including phenoxy) is 5. The van der Waals surface area contributed by atoms with Gasteiger partial charge in [0.25, 0.3) is 0 Å². The molecule has 0 amide bonds. The van der Waals surface area contributed by atoms with Crippen molar-refractivity contribution < 1.29 is 33.3 Å². The Hall–Kier alpha value is -0.830. The van der Waals surface area contributed by atoms with Crippen molar-refractivity contribution in [3.05, 3.63) is 0 Å². The van der Waals surface area contributed by atoms with E-state index in [1.54, 1.807) is 13.8 Å². The molecule has 0 aliphatic carbocycles. The molecule has 2 aliphatic heterocycles. The first-order chi connectivity index (χ1) is 9.69. The average Bonchev–Trinajstić information content (AvgIpc) is 2.79. The zero-order chi connectivity index (χ0) is 15.8. The lowest BCUT2D eigenvalue weighted by Crippen LogP contribution is -2.43. The maximum Gasteiger partial charge on any atom is 0.303 e. The molecule has 120 valence electrons. The second kappa shape index (κ2) is 6.12. The number of carbonyl (C=O) groups is 2. The second-order valence-electron chi connectivity index (χ2n) is 5.51. The van der Waals surface area contributed by atoms with Gasteiger partial charge in [-0.05, 0) is 13.8 Å². The first-order valence-corrected chi connectivity index (χ1v) is 7.21. The summed E-state index contributed by atoms with van der Waals surface area (Å²) in [7, 11) is 0. The van der Waals surface area contributed by atoms with Crippen molar-refractivity contribution in [2.24, 2.45) is 0 Å². The molecule has 0 saturated carbocycles. The third-order valence-corrected chi connectivity index (χ3v) is 3.61. The molecule has 2 heterocycles. The Labute approximate surface area is 128 Å². The summed E-state index contributed by atoms with van der Waals surface area (Å²) >= 11 is 4.36. The van der Waals surface area contributed by atoms with E-state index in [4.69, 9.17) is 23.7 Å². The minimum Gasteiger partial charge on any atom is -0.465 e. The topological polar surface area (TPSA) is 80.3 Å². The van der Waals surface area contributed by atoms with E-state index < -0.39 is 47.6 Å². The first-order valence-electron chi connectivity index (χ1n) is 6.69. The Balaban J connectivity index is 2.07. The number of hydrogen-bond donors (Lipinski definition) is 1. The molecule has 7 nitrogen and oxygen atoms in total. The third-order valence-electron chi connectivity index (χ3n) is 3.17. The van der Waals surface area contributed by atoms with E-state index in [0.29, 0.717) is 0 Å². The van der Waals surface area contributed by atoms with Gasteiger partial charge in [-0.1, -0.05) is 0 Å². The van der Waals surface area contributed by atoms with Crippen LogP contribution in [-0.4, -0.2) is 54.2 Å². The van der Waals surface area contributed by atoms with E-state index in [9.17, 15) is 9.59 Å². The van der Waals surface area contributed by atoms with Gasteiger partial charge in [0.1, 0.15) is 12.7 Å². The zero-order valence-corrected chi connectivity index (χ0v) is 13.3. The van der Waals surface area contributed by atoms with Crippen LogP contribution in [0.4, 0.5) is 0 Å². The third kappa shape index (κ3) is 3.88. The highest BCUT2D eigenvalue weighted by Gasteiger charge is 2.57. The standard InChI is InChI=1S/C13H20O7S/c1-6(14)16-5-8(21)9-10(17-7(2)15)11-12(18-9)20-13(3,4)19-11/h8-12,21H,5H2,1-4H3/t8?,9-,10+,11-,12-/m1/s1. The van der Waals surface area contributed by atoms with Gasteiger partial charge in [0, 0.05) is 13.8 Å². The van der Waals surface area contributed by atoms with E-state index in [-0.39, 0.29) is 6.61 Å². The van der Waals surface area contributed by atoms with E-state index in [1.165, 1.54) is 13.8 Å². The Morgan fingerprint density at radius 2 is 1.90 bits per heavy atom. The molecule has 0 N–H and O–H groups in total. The molecule has 1 unspecified atom stereocenters. The number of esters is 2. The summed E-state index contributed by atoms with van der Waals surface area (Å²) in [5.74, 6) is -1.67. The normalized spacial score (nSPS) is 35.1. The van der Waals surface area contributed by atoms with E-state index in [1.807, 2.05) is 0 Å². The van der Waals surface area contributed by atoms with Crippen LogP contribution in [0.15, 0.2) is 0 Å². The minimum absolute atomic E-state index is 0.0453. The quantitative estimate of drug-likeness (QED) is 0.602. The Morgan fingerprint density at radius 3 is 2.48 bits per heavy atom. The summed E-state index contributed by atoms with van der Waals surface area (Å²) in [4.78, 5) is 22.2. The highest BCUT2D eigenvalue weighted by molar-refractivity contribution is 7.81. The van der Waals surface area contributed by atoms with Gasteiger partial charge in [-0.15, -0.1) is 0 Å². The fraction of sp³-hybridized carbons (Fsp3) is 0.846. The van der Waals surface area contributed by atoms with Crippen LogP contribution in [0, 0.1) is 0 Å². The molecule has 0 aromatic heterocycles. The van der Waals surface area contributed by atoms with Crippen LogP contribution in [0.3, 0.4) is 0 Å². The molecular weight excluding hydrogens is 300 g/mol. The van der Waals surface area contributed by atoms with Crippen LogP contribution in [0.5, 0.6) is 0 Å². The lowest BCUT2D eigenvalue weighted by atomic mass is 10.1. The summed E-state index contributed by atoms with van der Waals surface area (Å²) in [5, 5.41) is -0.459. The predicted molar refractivity (Wildman–Crippen MR) is 73.7 cm³/mol. The average molecular weight is 320 g/mol. The van der Waals surface area contributed by atoms with Gasteiger partial charge >= 0.3 is 11.9 Å². The SMILES string of the molecule is CC(=O)OCC(S)[C@H]1O[C@@H]2OC(C)(C)O[C@@H]2[C@H]1OC(C)=O. The fourth-order valence-corrected chi connectivity index (χ4v) is 2.75. The molecule has 2 fully saturated rings. The van der Waals surface area contributed by atoms with Gasteiger partial charge in [0.05, 0.1) is 5.25 Å².